The van der Waals surface area contributed by atoms with Crippen molar-refractivity contribution in [2.75, 3.05) is 17.7 Å². The smallest absolute Gasteiger partial charge is 0.264 e. The number of nitrogens with one attached hydrogen (secondary N) is 3. The molecular weight excluding hydrogens is 258 g/mol. The number of H-pyrrole nitrogens is 1. The summed E-state index contributed by atoms with van der Waals surface area (Å²) < 4.78 is 0. The van der Waals surface area contributed by atoms with E-state index in [2.05, 4.69) is 25.8 Å². The Hall–Kier alpha value is -2.70. The van der Waals surface area contributed by atoms with Crippen molar-refractivity contribution in [2.45, 2.75) is 13.3 Å². The fourth-order valence-electron chi connectivity index (χ4n) is 1.63. The van der Waals surface area contributed by atoms with Gasteiger partial charge in [0.15, 0.2) is 5.82 Å². The molecule has 0 bridgehead atoms. The summed E-state index contributed by atoms with van der Waals surface area (Å²) >= 11 is 0. The minimum Gasteiger partial charge on any atom is -0.373 e. The number of aromatic amines is 1. The van der Waals surface area contributed by atoms with Crippen LogP contribution in [0.4, 0.5) is 11.6 Å². The molecule has 2 rings (SSSR count). The molecule has 2 aromatic rings. The molecule has 20 heavy (non-hydrogen) atoms. The molecule has 0 fully saturated rings. The summed E-state index contributed by atoms with van der Waals surface area (Å²) in [4.78, 5) is 27.4. The summed E-state index contributed by atoms with van der Waals surface area (Å²) in [6.45, 7) is 1.97. The number of aryl methyl sites for hydroxylation is 1. The molecule has 104 valence electrons. The Balaban J connectivity index is 2.24. The number of hydrogen-bond acceptors (Lipinski definition) is 5. The first kappa shape index (κ1) is 13.7. The third-order valence-electron chi connectivity index (χ3n) is 2.68. The van der Waals surface area contributed by atoms with Crippen molar-refractivity contribution in [3.05, 3.63) is 45.9 Å². The summed E-state index contributed by atoms with van der Waals surface area (Å²) in [5.41, 5.74) is 0.975. The van der Waals surface area contributed by atoms with Gasteiger partial charge in [0, 0.05) is 24.4 Å². The van der Waals surface area contributed by atoms with E-state index in [1.165, 1.54) is 12.1 Å². The molecule has 0 unspecified atom stereocenters. The first-order valence-corrected chi connectivity index (χ1v) is 6.18. The maximum Gasteiger partial charge on any atom is 0.264 e. The molecule has 7 heteroatoms. The van der Waals surface area contributed by atoms with Crippen LogP contribution < -0.4 is 16.2 Å². The third kappa shape index (κ3) is 3.19. The van der Waals surface area contributed by atoms with E-state index in [-0.39, 0.29) is 17.3 Å². The van der Waals surface area contributed by atoms with E-state index in [0.717, 1.165) is 12.1 Å². The van der Waals surface area contributed by atoms with Crippen LogP contribution in [0, 0.1) is 0 Å². The Kier molecular flexibility index (Phi) is 4.09. The lowest BCUT2D eigenvalue weighted by Crippen LogP contribution is -2.16. The van der Waals surface area contributed by atoms with Gasteiger partial charge < -0.3 is 10.6 Å². The molecule has 3 N–H and O–H groups in total. The highest BCUT2D eigenvalue weighted by molar-refractivity contribution is 6.04. The quantitative estimate of drug-likeness (QED) is 0.772. The van der Waals surface area contributed by atoms with Gasteiger partial charge in [0.1, 0.15) is 5.82 Å². The van der Waals surface area contributed by atoms with Crippen molar-refractivity contribution >= 4 is 17.5 Å². The van der Waals surface area contributed by atoms with E-state index in [1.54, 1.807) is 19.2 Å². The number of anilines is 2. The number of rotatable bonds is 4. The summed E-state index contributed by atoms with van der Waals surface area (Å²) in [6, 6.07) is 6.12. The first-order chi connectivity index (χ1) is 9.62. The highest BCUT2D eigenvalue weighted by Crippen LogP contribution is 2.12. The monoisotopic (exact) mass is 273 g/mol. The Morgan fingerprint density at radius 3 is 2.70 bits per heavy atom. The molecule has 2 heterocycles. The Morgan fingerprint density at radius 2 is 2.10 bits per heavy atom. The molecule has 0 aliphatic rings. The SMILES string of the molecule is CCc1cc(C(=O)Nc2ccc(=O)[nH]n2)cc(NC)n1. The predicted molar refractivity (Wildman–Crippen MR) is 76.0 cm³/mol. The molecule has 0 saturated carbocycles. The molecule has 0 aromatic carbocycles. The molecule has 1 amide bonds. The topological polar surface area (TPSA) is 99.8 Å². The van der Waals surface area contributed by atoms with Gasteiger partial charge in [-0.2, -0.15) is 5.10 Å². The van der Waals surface area contributed by atoms with Gasteiger partial charge in [0.05, 0.1) is 0 Å². The van der Waals surface area contributed by atoms with Crippen molar-refractivity contribution < 1.29 is 4.79 Å². The number of carbonyl (C=O) groups excluding carboxylic acids is 1. The fourth-order valence-corrected chi connectivity index (χ4v) is 1.63. The maximum atomic E-state index is 12.1. The Labute approximate surface area is 115 Å². The van der Waals surface area contributed by atoms with Crippen LogP contribution in [0.15, 0.2) is 29.1 Å². The van der Waals surface area contributed by atoms with Gasteiger partial charge in [-0.05, 0) is 24.6 Å². The van der Waals surface area contributed by atoms with Gasteiger partial charge in [0.25, 0.3) is 11.5 Å². The van der Waals surface area contributed by atoms with Crippen LogP contribution in [0.3, 0.4) is 0 Å². The highest BCUT2D eigenvalue weighted by Gasteiger charge is 2.10. The van der Waals surface area contributed by atoms with E-state index in [0.29, 0.717) is 11.4 Å². The van der Waals surface area contributed by atoms with Crippen molar-refractivity contribution in [2.24, 2.45) is 0 Å². The van der Waals surface area contributed by atoms with Crippen LogP contribution in [-0.2, 0) is 6.42 Å². The Bertz CT molecular complexity index is 638. The average Bonchev–Trinajstić information content (AvgIpc) is 2.48. The fraction of sp³-hybridized carbons (Fsp3) is 0.231. The van der Waals surface area contributed by atoms with E-state index < -0.39 is 0 Å². The van der Waals surface area contributed by atoms with E-state index in [4.69, 9.17) is 0 Å². The second-order valence-electron chi connectivity index (χ2n) is 4.10. The molecule has 0 saturated heterocycles. The molecule has 0 atom stereocenters. The molecule has 0 spiro atoms. The summed E-state index contributed by atoms with van der Waals surface area (Å²) in [6.07, 6.45) is 0.729. The van der Waals surface area contributed by atoms with Crippen LogP contribution in [-0.4, -0.2) is 28.1 Å². The lowest BCUT2D eigenvalue weighted by atomic mass is 10.2. The second kappa shape index (κ2) is 5.96. The minimum atomic E-state index is -0.322. The van der Waals surface area contributed by atoms with E-state index >= 15 is 0 Å². The molecule has 0 aliphatic carbocycles. The van der Waals surface area contributed by atoms with Gasteiger partial charge in [-0.25, -0.2) is 10.1 Å². The number of carbonyl (C=O) groups is 1. The molecule has 7 nitrogen and oxygen atoms in total. The standard InChI is InChI=1S/C13H15N5O2/c1-3-9-6-8(7-11(14-2)15-9)13(20)16-10-4-5-12(19)18-17-10/h4-7H,3H2,1-2H3,(H,14,15)(H,18,19)(H,16,17,20). The predicted octanol–water partition coefficient (Wildman–Crippen LogP) is 1.02. The van der Waals surface area contributed by atoms with Crippen LogP contribution >= 0.6 is 0 Å². The molecule has 0 radical (unpaired) electrons. The maximum absolute atomic E-state index is 12.1. The molecular formula is C13H15N5O2. The number of amides is 1. The zero-order valence-corrected chi connectivity index (χ0v) is 11.2. The van der Waals surface area contributed by atoms with Crippen LogP contribution in [0.5, 0.6) is 0 Å². The lowest BCUT2D eigenvalue weighted by molar-refractivity contribution is 0.102. The van der Waals surface area contributed by atoms with Gasteiger partial charge in [-0.3, -0.25) is 9.59 Å². The third-order valence-corrected chi connectivity index (χ3v) is 2.68. The number of nitrogens with zero attached hydrogens (tertiary/aromatic N) is 2. The molecule has 0 aliphatic heterocycles. The van der Waals surface area contributed by atoms with E-state index in [1.807, 2.05) is 6.92 Å². The van der Waals surface area contributed by atoms with Crippen LogP contribution in [0.2, 0.25) is 0 Å². The van der Waals surface area contributed by atoms with Crippen LogP contribution in [0.1, 0.15) is 23.0 Å². The number of pyridine rings is 1. The van der Waals surface area contributed by atoms with Crippen molar-refractivity contribution in [3.63, 3.8) is 0 Å². The summed E-state index contributed by atoms with van der Waals surface area (Å²) in [5.74, 6) is 0.609. The second-order valence-corrected chi connectivity index (χ2v) is 4.10. The molecule has 2 aromatic heterocycles. The normalized spacial score (nSPS) is 10.1. The first-order valence-electron chi connectivity index (χ1n) is 6.18. The van der Waals surface area contributed by atoms with Crippen LogP contribution in [0.25, 0.3) is 0 Å². The zero-order valence-electron chi connectivity index (χ0n) is 11.2. The highest BCUT2D eigenvalue weighted by atomic mass is 16.2. The number of aromatic nitrogens is 3. The number of hydrogen-bond donors (Lipinski definition) is 3. The lowest BCUT2D eigenvalue weighted by Gasteiger charge is -2.08. The van der Waals surface area contributed by atoms with Crippen molar-refractivity contribution in [3.8, 4) is 0 Å². The minimum absolute atomic E-state index is 0.287. The Morgan fingerprint density at radius 1 is 1.30 bits per heavy atom. The average molecular weight is 273 g/mol. The van der Waals surface area contributed by atoms with Gasteiger partial charge in [-0.1, -0.05) is 6.92 Å². The van der Waals surface area contributed by atoms with Gasteiger partial charge in [0.2, 0.25) is 0 Å². The van der Waals surface area contributed by atoms with E-state index in [9.17, 15) is 9.59 Å². The van der Waals surface area contributed by atoms with Gasteiger partial charge >= 0.3 is 0 Å². The van der Waals surface area contributed by atoms with Crippen molar-refractivity contribution in [1.29, 1.82) is 0 Å². The largest absolute Gasteiger partial charge is 0.373 e. The van der Waals surface area contributed by atoms with Gasteiger partial charge in [-0.15, -0.1) is 0 Å². The summed E-state index contributed by atoms with van der Waals surface area (Å²) in [7, 11) is 1.74. The van der Waals surface area contributed by atoms with Crippen molar-refractivity contribution in [1.82, 2.24) is 15.2 Å². The zero-order chi connectivity index (χ0) is 14.5. The summed E-state index contributed by atoms with van der Waals surface area (Å²) in [5, 5.41) is 11.5.